The van der Waals surface area contributed by atoms with Gasteiger partial charge in [0.05, 0.1) is 68.2 Å². The highest BCUT2D eigenvalue weighted by molar-refractivity contribution is 5.94. The molecule has 9 nitrogen and oxygen atoms in total. The number of nitrogens with one attached hydrogen (secondary N) is 1. The maximum Gasteiger partial charge on any atom is 0.356 e. The number of aromatic nitrogens is 1. The van der Waals surface area contributed by atoms with Gasteiger partial charge in [-0.05, 0) is 19.1 Å². The maximum absolute atomic E-state index is 15.4. The lowest BCUT2D eigenvalue weighted by atomic mass is 10.0. The lowest BCUT2D eigenvalue weighted by Gasteiger charge is -2.43. The van der Waals surface area contributed by atoms with E-state index in [2.05, 4.69) is 20.0 Å². The molecular formula is C23H24FN5O4. The molecule has 4 heterocycles. The summed E-state index contributed by atoms with van der Waals surface area (Å²) >= 11 is 0. The highest BCUT2D eigenvalue weighted by Crippen LogP contribution is 2.40. The second-order valence-corrected chi connectivity index (χ2v) is 8.35. The molecule has 0 saturated carbocycles. The second-order valence-electron chi connectivity index (χ2n) is 8.35. The van der Waals surface area contributed by atoms with Crippen molar-refractivity contribution in [2.45, 2.75) is 25.9 Å². The summed E-state index contributed by atoms with van der Waals surface area (Å²) in [7, 11) is 1.30. The summed E-state index contributed by atoms with van der Waals surface area (Å²) in [6.07, 6.45) is 2.17. The fraction of sp³-hybridized carbons (Fsp3) is 0.391. The van der Waals surface area contributed by atoms with Gasteiger partial charge in [-0.2, -0.15) is 0 Å². The average molecular weight is 453 g/mol. The van der Waals surface area contributed by atoms with Gasteiger partial charge in [-0.1, -0.05) is 0 Å². The minimum Gasteiger partial charge on any atom is -0.493 e. The molecule has 1 saturated heterocycles. The monoisotopic (exact) mass is 453 g/mol. The van der Waals surface area contributed by atoms with Crippen LogP contribution in [-0.2, 0) is 16.1 Å². The van der Waals surface area contributed by atoms with Crippen molar-refractivity contribution in [3.8, 4) is 5.75 Å². The molecule has 1 aromatic heterocycles. The van der Waals surface area contributed by atoms with E-state index in [0.29, 0.717) is 48.8 Å². The molecule has 3 aliphatic rings. The molecule has 2 aromatic rings. The molecule has 5 rings (SSSR count). The van der Waals surface area contributed by atoms with Crippen molar-refractivity contribution in [1.29, 1.82) is 0 Å². The lowest BCUT2D eigenvalue weighted by Crippen LogP contribution is -2.57. The van der Waals surface area contributed by atoms with Gasteiger partial charge in [-0.15, -0.1) is 0 Å². The van der Waals surface area contributed by atoms with E-state index < -0.39 is 11.8 Å². The summed E-state index contributed by atoms with van der Waals surface area (Å²) in [5.41, 5.74) is 3.04. The van der Waals surface area contributed by atoms with Crippen LogP contribution in [0.5, 0.6) is 5.75 Å². The summed E-state index contributed by atoms with van der Waals surface area (Å²) in [6, 6.07) is 4.92. The van der Waals surface area contributed by atoms with Crippen molar-refractivity contribution >= 4 is 34.7 Å². The van der Waals surface area contributed by atoms with Crippen LogP contribution in [0.4, 0.5) is 21.5 Å². The van der Waals surface area contributed by atoms with Gasteiger partial charge in [0, 0.05) is 24.7 Å². The molecule has 172 valence electrons. The van der Waals surface area contributed by atoms with E-state index in [1.165, 1.54) is 7.11 Å². The third-order valence-corrected chi connectivity index (χ3v) is 6.20. The Labute approximate surface area is 190 Å². The predicted molar refractivity (Wildman–Crippen MR) is 120 cm³/mol. The van der Waals surface area contributed by atoms with Gasteiger partial charge < -0.3 is 24.6 Å². The number of esters is 1. The Morgan fingerprint density at radius 2 is 2.18 bits per heavy atom. The Bertz CT molecular complexity index is 1150. The number of anilines is 2. The standard InChI is InChI=1S/C23H24FN5O4/c1-13-8-26-22-18(27-13)7-19-16(21(22)24)11-29-15(5-6-33-19)10-28(12-20(29)30)14-3-4-17(25-9-14)23(31)32-2/h3-4,7,9,15,26H,5-6,8,10-12H2,1-2H3/t15-/m1/s1. The number of fused-ring (bicyclic) bond motifs is 3. The number of methoxy groups -OCH3 is 1. The number of carbonyl (C=O) groups is 2. The quantitative estimate of drug-likeness (QED) is 0.698. The molecule has 1 N–H and O–H groups in total. The zero-order valence-corrected chi connectivity index (χ0v) is 18.4. The Kier molecular flexibility index (Phi) is 5.35. The van der Waals surface area contributed by atoms with E-state index in [9.17, 15) is 9.59 Å². The third-order valence-electron chi connectivity index (χ3n) is 6.20. The summed E-state index contributed by atoms with van der Waals surface area (Å²) in [6.45, 7) is 3.54. The highest BCUT2D eigenvalue weighted by atomic mass is 19.1. The van der Waals surface area contributed by atoms with E-state index in [4.69, 9.17) is 4.74 Å². The summed E-state index contributed by atoms with van der Waals surface area (Å²) in [4.78, 5) is 37.0. The molecule has 0 spiro atoms. The zero-order chi connectivity index (χ0) is 23.1. The summed E-state index contributed by atoms with van der Waals surface area (Å²) in [5, 5.41) is 3.08. The first-order chi connectivity index (χ1) is 15.9. The van der Waals surface area contributed by atoms with Crippen LogP contribution in [0.2, 0.25) is 0 Å². The normalized spacial score (nSPS) is 19.7. The van der Waals surface area contributed by atoms with Crippen LogP contribution in [0.3, 0.4) is 0 Å². The zero-order valence-electron chi connectivity index (χ0n) is 18.4. The molecule has 33 heavy (non-hydrogen) atoms. The molecule has 1 aromatic carbocycles. The van der Waals surface area contributed by atoms with Gasteiger partial charge in [0.25, 0.3) is 0 Å². The average Bonchev–Trinajstić information content (AvgIpc) is 2.80. The fourth-order valence-corrected chi connectivity index (χ4v) is 4.46. The van der Waals surface area contributed by atoms with Crippen molar-refractivity contribution in [1.82, 2.24) is 9.88 Å². The Morgan fingerprint density at radius 3 is 2.94 bits per heavy atom. The topological polar surface area (TPSA) is 96.4 Å². The predicted octanol–water partition coefficient (Wildman–Crippen LogP) is 2.53. The number of benzene rings is 1. The van der Waals surface area contributed by atoms with Crippen molar-refractivity contribution < 1.29 is 23.5 Å². The highest BCUT2D eigenvalue weighted by Gasteiger charge is 2.36. The number of hydrogen-bond donors (Lipinski definition) is 1. The van der Waals surface area contributed by atoms with Crippen molar-refractivity contribution in [2.75, 3.05) is 43.6 Å². The van der Waals surface area contributed by atoms with Crippen LogP contribution in [-0.4, -0.2) is 66.9 Å². The van der Waals surface area contributed by atoms with Crippen LogP contribution >= 0.6 is 0 Å². The van der Waals surface area contributed by atoms with Gasteiger partial charge in [-0.3, -0.25) is 9.79 Å². The number of halogens is 1. The molecule has 1 fully saturated rings. The first-order valence-corrected chi connectivity index (χ1v) is 10.8. The molecule has 0 bridgehead atoms. The number of aliphatic imine (C=N–C) groups is 1. The molecule has 1 amide bonds. The molecule has 10 heteroatoms. The van der Waals surface area contributed by atoms with E-state index in [1.807, 2.05) is 11.8 Å². The molecular weight excluding hydrogens is 429 g/mol. The van der Waals surface area contributed by atoms with Gasteiger partial charge in [-0.25, -0.2) is 14.2 Å². The molecule has 0 radical (unpaired) electrons. The van der Waals surface area contributed by atoms with Gasteiger partial charge in [0.2, 0.25) is 5.91 Å². The van der Waals surface area contributed by atoms with Crippen molar-refractivity contribution in [3.63, 3.8) is 0 Å². The van der Waals surface area contributed by atoms with Crippen LogP contribution < -0.4 is 15.0 Å². The van der Waals surface area contributed by atoms with Crippen molar-refractivity contribution in [3.05, 3.63) is 41.5 Å². The van der Waals surface area contributed by atoms with Crippen LogP contribution in [0.15, 0.2) is 29.4 Å². The molecule has 1 atom stereocenters. The summed E-state index contributed by atoms with van der Waals surface area (Å²) in [5.74, 6) is -0.604. The number of nitrogens with zero attached hydrogens (tertiary/aromatic N) is 4. The fourth-order valence-electron chi connectivity index (χ4n) is 4.46. The Balaban J connectivity index is 1.40. The third kappa shape index (κ3) is 3.85. The van der Waals surface area contributed by atoms with Gasteiger partial charge in [0.15, 0.2) is 5.82 Å². The van der Waals surface area contributed by atoms with E-state index in [0.717, 1.165) is 11.4 Å². The van der Waals surface area contributed by atoms with Crippen LogP contribution in [0, 0.1) is 5.82 Å². The number of amides is 1. The number of ether oxygens (including phenoxy) is 2. The molecule has 0 aliphatic carbocycles. The lowest BCUT2D eigenvalue weighted by molar-refractivity contribution is -0.135. The minimum atomic E-state index is -0.516. The number of carbonyl (C=O) groups excluding carboxylic acids is 2. The van der Waals surface area contributed by atoms with Crippen molar-refractivity contribution in [2.24, 2.45) is 4.99 Å². The van der Waals surface area contributed by atoms with Crippen LogP contribution in [0.1, 0.15) is 29.4 Å². The Hall–Kier alpha value is -3.69. The smallest absolute Gasteiger partial charge is 0.356 e. The van der Waals surface area contributed by atoms with Gasteiger partial charge >= 0.3 is 5.97 Å². The van der Waals surface area contributed by atoms with E-state index in [1.54, 1.807) is 29.3 Å². The molecule has 3 aliphatic heterocycles. The largest absolute Gasteiger partial charge is 0.493 e. The number of pyridine rings is 1. The minimum absolute atomic E-state index is 0.102. The van der Waals surface area contributed by atoms with Crippen LogP contribution in [0.25, 0.3) is 0 Å². The SMILES string of the molecule is COC(=O)c1ccc(N2CC(=O)N3Cc4c(cc5c(c4F)NCC(C)=N5)OCC[C@@H]3C2)cn1. The summed E-state index contributed by atoms with van der Waals surface area (Å²) < 4.78 is 26.0. The first-order valence-electron chi connectivity index (χ1n) is 10.8. The van der Waals surface area contributed by atoms with Gasteiger partial charge in [0.1, 0.15) is 11.4 Å². The molecule has 0 unspecified atom stereocenters. The number of rotatable bonds is 2. The Morgan fingerprint density at radius 1 is 1.33 bits per heavy atom. The number of piperazine rings is 1. The van der Waals surface area contributed by atoms with E-state index in [-0.39, 0.29) is 30.7 Å². The van der Waals surface area contributed by atoms with E-state index >= 15 is 4.39 Å². The second kappa shape index (κ2) is 8.34. The maximum atomic E-state index is 15.4. The first kappa shape index (κ1) is 21.2. The number of hydrogen-bond acceptors (Lipinski definition) is 8.